The fourth-order valence-corrected chi connectivity index (χ4v) is 4.01. The fraction of sp³-hybridized carbons (Fsp3) is 0.381. The minimum atomic E-state index is -0.517. The second kappa shape index (κ2) is 6.89. The Morgan fingerprint density at radius 1 is 1.31 bits per heavy atom. The van der Waals surface area contributed by atoms with E-state index in [-0.39, 0.29) is 11.8 Å². The van der Waals surface area contributed by atoms with Crippen LogP contribution in [-0.4, -0.2) is 58.1 Å². The van der Waals surface area contributed by atoms with Crippen molar-refractivity contribution in [2.75, 3.05) is 26.7 Å². The van der Waals surface area contributed by atoms with E-state index in [1.54, 1.807) is 28.9 Å². The highest BCUT2D eigenvalue weighted by molar-refractivity contribution is 5.61. The van der Waals surface area contributed by atoms with Crippen molar-refractivity contribution in [3.8, 4) is 11.3 Å². The van der Waals surface area contributed by atoms with E-state index >= 15 is 0 Å². The second-order valence-electron chi connectivity index (χ2n) is 7.80. The van der Waals surface area contributed by atoms with Crippen molar-refractivity contribution in [2.24, 2.45) is 4.99 Å². The van der Waals surface area contributed by atoms with Crippen LogP contribution in [0.25, 0.3) is 23.0 Å². The van der Waals surface area contributed by atoms with Crippen molar-refractivity contribution in [1.82, 2.24) is 19.2 Å². The molecule has 29 heavy (non-hydrogen) atoms. The van der Waals surface area contributed by atoms with Gasteiger partial charge in [-0.25, -0.2) is 19.2 Å². The number of pyridine rings is 1. The van der Waals surface area contributed by atoms with Gasteiger partial charge in [0.2, 0.25) is 5.55 Å². The summed E-state index contributed by atoms with van der Waals surface area (Å²) in [6, 6.07) is 5.14. The number of hydrogen-bond acceptors (Lipinski definition) is 6. The highest BCUT2D eigenvalue weighted by atomic mass is 19.1. The average molecular weight is 395 g/mol. The molecular formula is C21H22FN5O2. The predicted octanol–water partition coefficient (Wildman–Crippen LogP) is 0.859. The first kappa shape index (κ1) is 18.2. The average Bonchev–Trinajstić information content (AvgIpc) is 3.14. The number of piperazine rings is 1. The molecular weight excluding hydrogens is 373 g/mol. The number of halogens is 1. The van der Waals surface area contributed by atoms with Crippen molar-refractivity contribution in [2.45, 2.75) is 25.6 Å². The Bertz CT molecular complexity index is 1260. The summed E-state index contributed by atoms with van der Waals surface area (Å²) in [5, 5.41) is 0.774. The van der Waals surface area contributed by atoms with E-state index in [0.717, 1.165) is 31.3 Å². The molecule has 1 saturated heterocycles. The van der Waals surface area contributed by atoms with E-state index in [9.17, 15) is 9.18 Å². The van der Waals surface area contributed by atoms with Crippen molar-refractivity contribution < 1.29 is 8.81 Å². The van der Waals surface area contributed by atoms with Gasteiger partial charge in [0.1, 0.15) is 6.17 Å². The minimum absolute atomic E-state index is 0.0167. The van der Waals surface area contributed by atoms with Gasteiger partial charge in [0.05, 0.1) is 11.3 Å². The Balaban J connectivity index is 1.52. The summed E-state index contributed by atoms with van der Waals surface area (Å²) < 4.78 is 21.1. The maximum absolute atomic E-state index is 13.9. The molecule has 2 aliphatic heterocycles. The highest BCUT2D eigenvalue weighted by Gasteiger charge is 2.27. The molecule has 2 atom stereocenters. The van der Waals surface area contributed by atoms with Crippen LogP contribution in [0.3, 0.4) is 0 Å². The molecule has 5 rings (SSSR count). The van der Waals surface area contributed by atoms with Crippen LogP contribution in [0.4, 0.5) is 4.39 Å². The Morgan fingerprint density at radius 2 is 2.17 bits per heavy atom. The molecule has 3 aromatic rings. The maximum Gasteiger partial charge on any atom is 0.347 e. The summed E-state index contributed by atoms with van der Waals surface area (Å²) >= 11 is 0. The number of imidazole rings is 1. The third-order valence-electron chi connectivity index (χ3n) is 5.89. The Hall–Kier alpha value is -2.84. The van der Waals surface area contributed by atoms with Crippen molar-refractivity contribution >= 4 is 11.7 Å². The van der Waals surface area contributed by atoms with Crippen LogP contribution in [0.1, 0.15) is 13.3 Å². The molecule has 0 spiro atoms. The van der Waals surface area contributed by atoms with E-state index in [0.29, 0.717) is 22.9 Å². The van der Waals surface area contributed by atoms with Gasteiger partial charge in [-0.05, 0) is 32.2 Å². The zero-order valence-corrected chi connectivity index (χ0v) is 16.4. The zero-order chi connectivity index (χ0) is 20.1. The lowest BCUT2D eigenvalue weighted by atomic mass is 10.1. The van der Waals surface area contributed by atoms with Crippen molar-refractivity contribution in [1.29, 1.82) is 0 Å². The molecule has 1 fully saturated rings. The Labute approximate surface area is 166 Å². The molecule has 2 aliphatic rings. The van der Waals surface area contributed by atoms with E-state index in [1.165, 1.54) is 6.07 Å². The monoisotopic (exact) mass is 395 g/mol. The molecule has 0 N–H and O–H groups in total. The summed E-state index contributed by atoms with van der Waals surface area (Å²) in [7, 11) is 2.13. The molecule has 0 bridgehead atoms. The van der Waals surface area contributed by atoms with Gasteiger partial charge in [-0.15, -0.1) is 0 Å². The van der Waals surface area contributed by atoms with Gasteiger partial charge in [-0.3, -0.25) is 4.90 Å². The van der Waals surface area contributed by atoms with Gasteiger partial charge in [-0.2, -0.15) is 0 Å². The lowest BCUT2D eigenvalue weighted by Gasteiger charge is -2.40. The van der Waals surface area contributed by atoms with Crippen LogP contribution < -0.4 is 16.4 Å². The first-order valence-corrected chi connectivity index (χ1v) is 9.79. The number of hydrogen-bond donors (Lipinski definition) is 0. The predicted molar refractivity (Wildman–Crippen MR) is 106 cm³/mol. The van der Waals surface area contributed by atoms with Gasteiger partial charge in [0.25, 0.3) is 0 Å². The largest absolute Gasteiger partial charge is 0.403 e. The quantitative estimate of drug-likeness (QED) is 0.644. The third kappa shape index (κ3) is 3.18. The molecule has 7 nitrogen and oxygen atoms in total. The fourth-order valence-electron chi connectivity index (χ4n) is 4.01. The molecule has 0 radical (unpaired) electrons. The molecule has 1 unspecified atom stereocenters. The van der Waals surface area contributed by atoms with Crippen LogP contribution in [0.15, 0.2) is 44.8 Å². The molecule has 5 heterocycles. The topological polar surface area (TPSA) is 66.3 Å². The molecule has 0 saturated carbocycles. The normalized spacial score (nSPS) is 22.9. The molecule has 0 aromatic carbocycles. The van der Waals surface area contributed by atoms with Gasteiger partial charge >= 0.3 is 5.63 Å². The minimum Gasteiger partial charge on any atom is -0.403 e. The van der Waals surface area contributed by atoms with E-state index < -0.39 is 11.4 Å². The molecule has 8 heteroatoms. The molecule has 150 valence electrons. The van der Waals surface area contributed by atoms with Crippen LogP contribution in [0.5, 0.6) is 0 Å². The first-order chi connectivity index (χ1) is 14.0. The summed E-state index contributed by atoms with van der Waals surface area (Å²) in [6.07, 6.45) is 6.12. The maximum atomic E-state index is 13.9. The molecule has 0 amide bonds. The Morgan fingerprint density at radius 3 is 2.97 bits per heavy atom. The van der Waals surface area contributed by atoms with Crippen LogP contribution >= 0.6 is 0 Å². The van der Waals surface area contributed by atoms with E-state index in [4.69, 9.17) is 9.41 Å². The molecule has 3 aromatic heterocycles. The van der Waals surface area contributed by atoms with Gasteiger partial charge in [-0.1, -0.05) is 6.08 Å². The summed E-state index contributed by atoms with van der Waals surface area (Å²) in [5.74, 6) is -0.438. The van der Waals surface area contributed by atoms with E-state index in [1.807, 2.05) is 0 Å². The lowest BCUT2D eigenvalue weighted by Crippen LogP contribution is -2.54. The summed E-state index contributed by atoms with van der Waals surface area (Å²) in [5.41, 5.74) is 0.714. The third-order valence-corrected chi connectivity index (χ3v) is 5.89. The van der Waals surface area contributed by atoms with Crippen molar-refractivity contribution in [3.05, 3.63) is 57.6 Å². The van der Waals surface area contributed by atoms with Crippen molar-refractivity contribution in [3.63, 3.8) is 0 Å². The standard InChI is InChI=1S/C21H22FN5O2/c1-13-11-26(9-8-25(13)2)18-6-5-14-10-15(21(28)29-20(14)24-18)17-12-27-7-3-4-16(22)19(27)23-17/h3-5,7,10,12-13,18H,6,8-9,11H2,1-2H3/t13-,18?/m0/s1. The Kier molecular flexibility index (Phi) is 4.33. The highest BCUT2D eigenvalue weighted by Crippen LogP contribution is 2.18. The SMILES string of the molecule is C[C@H]1CN(C2CC=c3cc(-c4cn5cccc(F)c5n4)c(=O)oc3=N2)CCN1C. The summed E-state index contributed by atoms with van der Waals surface area (Å²) in [6.45, 7) is 5.07. The van der Waals surface area contributed by atoms with Crippen LogP contribution in [-0.2, 0) is 0 Å². The van der Waals surface area contributed by atoms with Crippen LogP contribution in [0.2, 0.25) is 0 Å². The second-order valence-corrected chi connectivity index (χ2v) is 7.80. The van der Waals surface area contributed by atoms with Gasteiger partial charge in [0, 0.05) is 49.7 Å². The number of nitrogens with zero attached hydrogens (tertiary/aromatic N) is 5. The summed E-state index contributed by atoms with van der Waals surface area (Å²) in [4.78, 5) is 26.3. The molecule has 0 aliphatic carbocycles. The lowest BCUT2D eigenvalue weighted by molar-refractivity contribution is 0.0731. The number of rotatable bonds is 2. The first-order valence-electron chi connectivity index (χ1n) is 9.79. The number of fused-ring (bicyclic) bond motifs is 2. The zero-order valence-electron chi connectivity index (χ0n) is 16.4. The number of likely N-dealkylation sites (N-methyl/N-ethyl adjacent to an activating group) is 1. The van der Waals surface area contributed by atoms with Gasteiger partial charge in [0.15, 0.2) is 11.5 Å². The number of aromatic nitrogens is 2. The van der Waals surface area contributed by atoms with E-state index in [2.05, 4.69) is 34.8 Å². The van der Waals surface area contributed by atoms with Crippen LogP contribution in [0, 0.1) is 5.82 Å². The smallest absolute Gasteiger partial charge is 0.347 e. The van der Waals surface area contributed by atoms with Gasteiger partial charge < -0.3 is 13.7 Å².